The van der Waals surface area contributed by atoms with E-state index >= 15 is 0 Å². The van der Waals surface area contributed by atoms with E-state index in [0.717, 1.165) is 29.2 Å². The van der Waals surface area contributed by atoms with E-state index in [1.165, 1.54) is 6.07 Å². The first-order valence-corrected chi connectivity index (χ1v) is 10.8. The van der Waals surface area contributed by atoms with Gasteiger partial charge >= 0.3 is 0 Å². The van der Waals surface area contributed by atoms with Crippen molar-refractivity contribution < 1.29 is 9.66 Å². The normalized spacial score (nSPS) is 18.0. The molecule has 32 heavy (non-hydrogen) atoms. The number of nitrogens with zero attached hydrogens (tertiary/aromatic N) is 4. The molecule has 9 heteroatoms. The number of rotatable bonds is 6. The van der Waals surface area contributed by atoms with Gasteiger partial charge in [-0.25, -0.2) is 0 Å². The number of aromatic nitrogens is 2. The molecule has 1 fully saturated rings. The Kier molecular flexibility index (Phi) is 5.84. The molecule has 1 aliphatic rings. The molecule has 0 amide bonds. The van der Waals surface area contributed by atoms with Crippen LogP contribution in [0.25, 0.3) is 5.69 Å². The Morgan fingerprint density at radius 1 is 1.25 bits per heavy atom. The van der Waals surface area contributed by atoms with Gasteiger partial charge in [0.05, 0.1) is 35.5 Å². The first-order chi connectivity index (χ1) is 15.4. The first kappa shape index (κ1) is 21.8. The molecule has 2 aromatic heterocycles. The van der Waals surface area contributed by atoms with Crippen LogP contribution in [0.15, 0.2) is 48.7 Å². The number of nitro benzene ring substituents is 1. The molecule has 1 aliphatic heterocycles. The van der Waals surface area contributed by atoms with Crippen molar-refractivity contribution in [1.82, 2.24) is 19.8 Å². The summed E-state index contributed by atoms with van der Waals surface area (Å²) >= 11 is 5.64. The highest BCUT2D eigenvalue weighted by atomic mass is 32.1. The van der Waals surface area contributed by atoms with Crippen LogP contribution in [0.4, 0.5) is 5.69 Å². The van der Waals surface area contributed by atoms with Crippen LogP contribution in [-0.2, 0) is 0 Å². The second-order valence-electron chi connectivity index (χ2n) is 7.69. The van der Waals surface area contributed by atoms with Crippen LogP contribution in [0.2, 0.25) is 0 Å². The van der Waals surface area contributed by atoms with E-state index in [4.69, 9.17) is 17.0 Å². The van der Waals surface area contributed by atoms with Crippen molar-refractivity contribution in [3.8, 4) is 11.4 Å². The number of likely N-dealkylation sites (N-methyl/N-ethyl adjacent to an activating group) is 1. The fourth-order valence-electron chi connectivity index (χ4n) is 4.51. The molecule has 1 saturated heterocycles. The standard InChI is InChI=1S/C23H25N5O3S/c1-5-26-22(21(25-23(26)32)18-8-6-7-11-24-18)17-12-14(2)27(15(17)3)19-13-16(28(29)30)9-10-20(19)31-4/h6-13,21-22H,5H2,1-4H3,(H,25,32)/t21-,22-/m0/s1. The van der Waals surface area contributed by atoms with Gasteiger partial charge in [-0.15, -0.1) is 0 Å². The van der Waals surface area contributed by atoms with E-state index in [1.54, 1.807) is 25.4 Å². The summed E-state index contributed by atoms with van der Waals surface area (Å²) in [6.07, 6.45) is 1.78. The molecule has 1 aromatic carbocycles. The van der Waals surface area contributed by atoms with Crippen LogP contribution in [0.5, 0.6) is 5.75 Å². The van der Waals surface area contributed by atoms with E-state index in [0.29, 0.717) is 16.5 Å². The number of hydrogen-bond donors (Lipinski definition) is 1. The zero-order valence-corrected chi connectivity index (χ0v) is 19.2. The van der Waals surface area contributed by atoms with E-state index in [-0.39, 0.29) is 17.8 Å². The SMILES string of the molecule is CCN1C(=S)N[C@@H](c2ccccn2)[C@@H]1c1cc(C)n(-c2cc([N+](=O)[O-])ccc2OC)c1C. The van der Waals surface area contributed by atoms with Gasteiger partial charge in [0.1, 0.15) is 5.75 Å². The minimum Gasteiger partial charge on any atom is -0.495 e. The van der Waals surface area contributed by atoms with Crippen molar-refractivity contribution in [3.63, 3.8) is 0 Å². The Hall–Kier alpha value is -3.46. The predicted octanol–water partition coefficient (Wildman–Crippen LogP) is 4.40. The fourth-order valence-corrected chi connectivity index (χ4v) is 4.88. The van der Waals surface area contributed by atoms with Gasteiger partial charge in [-0.05, 0) is 62.8 Å². The van der Waals surface area contributed by atoms with Gasteiger partial charge in [0, 0.05) is 36.3 Å². The molecule has 166 valence electrons. The molecule has 2 atom stereocenters. The fraction of sp³-hybridized carbons (Fsp3) is 0.304. The Morgan fingerprint density at radius 3 is 2.66 bits per heavy atom. The Bertz CT molecular complexity index is 1180. The number of ether oxygens (including phenoxy) is 1. The second kappa shape index (κ2) is 8.58. The lowest BCUT2D eigenvalue weighted by atomic mass is 9.97. The summed E-state index contributed by atoms with van der Waals surface area (Å²) in [6, 6.07) is 12.4. The molecule has 0 saturated carbocycles. The zero-order chi connectivity index (χ0) is 23.0. The van der Waals surface area contributed by atoms with Crippen molar-refractivity contribution in [1.29, 1.82) is 0 Å². The number of hydrogen-bond acceptors (Lipinski definition) is 5. The Morgan fingerprint density at radius 2 is 2.03 bits per heavy atom. The van der Waals surface area contributed by atoms with Gasteiger partial charge < -0.3 is 19.5 Å². The van der Waals surface area contributed by atoms with Gasteiger partial charge in [-0.3, -0.25) is 15.1 Å². The Labute approximate surface area is 192 Å². The number of nitro groups is 1. The minimum atomic E-state index is -0.396. The zero-order valence-electron chi connectivity index (χ0n) is 18.4. The number of nitrogens with one attached hydrogen (secondary N) is 1. The maximum atomic E-state index is 11.4. The molecule has 4 rings (SSSR count). The third-order valence-corrected chi connectivity index (χ3v) is 6.29. The smallest absolute Gasteiger partial charge is 0.271 e. The average molecular weight is 452 g/mol. The number of pyridine rings is 1. The molecule has 0 unspecified atom stereocenters. The van der Waals surface area contributed by atoms with Crippen LogP contribution in [0, 0.1) is 24.0 Å². The van der Waals surface area contributed by atoms with Crippen molar-refractivity contribution in [2.24, 2.45) is 0 Å². The third-order valence-electron chi connectivity index (χ3n) is 5.94. The van der Waals surface area contributed by atoms with Crippen molar-refractivity contribution >= 4 is 23.0 Å². The Balaban J connectivity index is 1.88. The lowest BCUT2D eigenvalue weighted by molar-refractivity contribution is -0.384. The van der Waals surface area contributed by atoms with Crippen molar-refractivity contribution in [2.75, 3.05) is 13.7 Å². The second-order valence-corrected chi connectivity index (χ2v) is 8.07. The summed E-state index contributed by atoms with van der Waals surface area (Å²) in [7, 11) is 1.56. The quantitative estimate of drug-likeness (QED) is 0.338. The summed E-state index contributed by atoms with van der Waals surface area (Å²) in [6.45, 7) is 6.82. The molecule has 0 bridgehead atoms. The third kappa shape index (κ3) is 3.58. The van der Waals surface area contributed by atoms with Crippen LogP contribution >= 0.6 is 12.2 Å². The van der Waals surface area contributed by atoms with E-state index in [9.17, 15) is 10.1 Å². The lowest BCUT2D eigenvalue weighted by Gasteiger charge is -2.27. The molecule has 0 radical (unpaired) electrons. The van der Waals surface area contributed by atoms with Crippen LogP contribution in [-0.4, -0.2) is 38.1 Å². The average Bonchev–Trinajstić information content (AvgIpc) is 3.28. The lowest BCUT2D eigenvalue weighted by Crippen LogP contribution is -2.29. The first-order valence-electron chi connectivity index (χ1n) is 10.4. The molecule has 0 aliphatic carbocycles. The van der Waals surface area contributed by atoms with Crippen LogP contribution in [0.1, 0.15) is 41.7 Å². The molecule has 1 N–H and O–H groups in total. The maximum absolute atomic E-state index is 11.4. The van der Waals surface area contributed by atoms with Gasteiger partial charge in [0.2, 0.25) is 0 Å². The summed E-state index contributed by atoms with van der Waals surface area (Å²) in [5, 5.41) is 15.5. The van der Waals surface area contributed by atoms with E-state index in [2.05, 4.69) is 28.2 Å². The predicted molar refractivity (Wildman–Crippen MR) is 126 cm³/mol. The molecule has 3 aromatic rings. The highest BCUT2D eigenvalue weighted by Gasteiger charge is 2.40. The summed E-state index contributed by atoms with van der Waals surface area (Å²) in [5.74, 6) is 0.567. The van der Waals surface area contributed by atoms with Gasteiger partial charge in [0.15, 0.2) is 5.11 Å². The number of benzene rings is 1. The topological polar surface area (TPSA) is 85.5 Å². The number of non-ortho nitro benzene ring substituents is 1. The number of thiocarbonyl (C=S) groups is 1. The van der Waals surface area contributed by atoms with Crippen LogP contribution < -0.4 is 10.1 Å². The summed E-state index contributed by atoms with van der Waals surface area (Å²) in [4.78, 5) is 17.7. The van der Waals surface area contributed by atoms with E-state index in [1.807, 2.05) is 36.6 Å². The monoisotopic (exact) mass is 451 g/mol. The van der Waals surface area contributed by atoms with Crippen LogP contribution in [0.3, 0.4) is 0 Å². The summed E-state index contributed by atoms with van der Waals surface area (Å²) < 4.78 is 7.54. The highest BCUT2D eigenvalue weighted by molar-refractivity contribution is 7.80. The van der Waals surface area contributed by atoms with Gasteiger partial charge in [0.25, 0.3) is 5.69 Å². The van der Waals surface area contributed by atoms with Crippen molar-refractivity contribution in [2.45, 2.75) is 32.9 Å². The van der Waals surface area contributed by atoms with Crippen molar-refractivity contribution in [3.05, 3.63) is 81.4 Å². The molecule has 8 nitrogen and oxygen atoms in total. The highest BCUT2D eigenvalue weighted by Crippen LogP contribution is 2.42. The summed E-state index contributed by atoms with van der Waals surface area (Å²) in [5.41, 5.74) is 4.56. The molecule has 0 spiro atoms. The number of methoxy groups -OCH3 is 1. The largest absolute Gasteiger partial charge is 0.495 e. The van der Waals surface area contributed by atoms with E-state index < -0.39 is 4.92 Å². The number of aryl methyl sites for hydroxylation is 1. The maximum Gasteiger partial charge on any atom is 0.271 e. The molecule has 3 heterocycles. The molecular weight excluding hydrogens is 426 g/mol. The van der Waals surface area contributed by atoms with Gasteiger partial charge in [-0.2, -0.15) is 0 Å². The van der Waals surface area contributed by atoms with Gasteiger partial charge in [-0.1, -0.05) is 6.07 Å². The minimum absolute atomic E-state index is 0.0140. The molecular formula is C23H25N5O3S.